The Balaban J connectivity index is 0.00000180. The Morgan fingerprint density at radius 1 is 1.26 bits per heavy atom. The summed E-state index contributed by atoms with van der Waals surface area (Å²) >= 11 is 0. The molecule has 5 nitrogen and oxygen atoms in total. The maximum atomic E-state index is 12.0. The molecule has 2 fully saturated rings. The Morgan fingerprint density at radius 2 is 2.05 bits per heavy atom. The number of nitrogens with zero attached hydrogens (tertiary/aromatic N) is 1. The molecule has 2 aliphatic rings. The van der Waals surface area contributed by atoms with Crippen LogP contribution in [0.5, 0.6) is 0 Å². The van der Waals surface area contributed by atoms with Gasteiger partial charge in [-0.2, -0.15) is 0 Å². The van der Waals surface area contributed by atoms with Crippen LogP contribution in [-0.4, -0.2) is 62.9 Å². The molecule has 6 heteroatoms. The van der Waals surface area contributed by atoms with Crippen LogP contribution in [0.15, 0.2) is 0 Å². The maximum Gasteiger partial charge on any atom is 0.225 e. The molecular formula is C13H25ClN2O3. The monoisotopic (exact) mass is 292 g/mol. The Labute approximate surface area is 121 Å². The fraction of sp³-hybridized carbons (Fsp3) is 0.923. The Kier molecular flexibility index (Phi) is 7.68. The number of hydrogen-bond acceptors (Lipinski definition) is 4. The van der Waals surface area contributed by atoms with Gasteiger partial charge in [-0.15, -0.1) is 12.4 Å². The molecule has 0 aromatic carbocycles. The van der Waals surface area contributed by atoms with E-state index < -0.39 is 0 Å². The molecular weight excluding hydrogens is 268 g/mol. The van der Waals surface area contributed by atoms with Crippen LogP contribution in [0.2, 0.25) is 0 Å². The summed E-state index contributed by atoms with van der Waals surface area (Å²) in [6, 6.07) is 0. The summed E-state index contributed by atoms with van der Waals surface area (Å²) in [5.41, 5.74) is 0. The molecule has 1 amide bonds. The van der Waals surface area contributed by atoms with Gasteiger partial charge in [0.15, 0.2) is 0 Å². The van der Waals surface area contributed by atoms with Gasteiger partial charge < -0.3 is 19.7 Å². The molecule has 2 saturated heterocycles. The summed E-state index contributed by atoms with van der Waals surface area (Å²) in [7, 11) is 1.86. The van der Waals surface area contributed by atoms with E-state index in [2.05, 4.69) is 5.32 Å². The summed E-state index contributed by atoms with van der Waals surface area (Å²) in [5, 5.41) is 3.24. The molecule has 0 bridgehead atoms. The zero-order chi connectivity index (χ0) is 12.8. The first-order valence-electron chi connectivity index (χ1n) is 6.93. The summed E-state index contributed by atoms with van der Waals surface area (Å²) in [6.07, 6.45) is 4.15. The molecule has 2 unspecified atom stereocenters. The number of hydrogen-bond donors (Lipinski definition) is 1. The molecule has 2 aliphatic heterocycles. The topological polar surface area (TPSA) is 50.8 Å². The van der Waals surface area contributed by atoms with E-state index in [1.165, 1.54) is 6.42 Å². The zero-order valence-electron chi connectivity index (χ0n) is 11.6. The Bertz CT molecular complexity index is 267. The van der Waals surface area contributed by atoms with Crippen molar-refractivity contribution in [3.8, 4) is 0 Å². The Morgan fingerprint density at radius 3 is 2.68 bits per heavy atom. The van der Waals surface area contributed by atoms with Gasteiger partial charge in [0.2, 0.25) is 5.91 Å². The second-order valence-corrected chi connectivity index (χ2v) is 5.16. The van der Waals surface area contributed by atoms with Gasteiger partial charge in [-0.1, -0.05) is 0 Å². The molecule has 19 heavy (non-hydrogen) atoms. The average molecular weight is 293 g/mol. The average Bonchev–Trinajstić information content (AvgIpc) is 2.41. The predicted octanol–water partition coefficient (Wildman–Crippen LogP) is 0.814. The SMILES string of the molecule is CN(CC1CCCCO1)C(=O)CC1CNCCO1.Cl. The standard InChI is InChI=1S/C13H24N2O3.ClH/c1-15(10-11-4-2-3-6-17-11)13(16)8-12-9-14-5-7-18-12;/h11-12,14H,2-10H2,1H3;1H. The smallest absolute Gasteiger partial charge is 0.225 e. The number of carbonyl (C=O) groups is 1. The van der Waals surface area contributed by atoms with Crippen LogP contribution in [0.25, 0.3) is 0 Å². The van der Waals surface area contributed by atoms with Crippen LogP contribution in [0.3, 0.4) is 0 Å². The molecule has 0 spiro atoms. The lowest BCUT2D eigenvalue weighted by Gasteiger charge is -2.29. The maximum absolute atomic E-state index is 12.0. The van der Waals surface area contributed by atoms with Gasteiger partial charge in [-0.3, -0.25) is 4.79 Å². The number of nitrogens with one attached hydrogen (secondary N) is 1. The van der Waals surface area contributed by atoms with Gasteiger partial charge in [-0.25, -0.2) is 0 Å². The van der Waals surface area contributed by atoms with Gasteiger partial charge in [-0.05, 0) is 19.3 Å². The van der Waals surface area contributed by atoms with Crippen molar-refractivity contribution in [2.75, 3.05) is 39.9 Å². The first-order chi connectivity index (χ1) is 8.75. The molecule has 2 rings (SSSR count). The fourth-order valence-corrected chi connectivity index (χ4v) is 2.46. The minimum Gasteiger partial charge on any atom is -0.376 e. The van der Waals surface area contributed by atoms with Gasteiger partial charge in [0.1, 0.15) is 0 Å². The van der Waals surface area contributed by atoms with Crippen LogP contribution in [0.4, 0.5) is 0 Å². The summed E-state index contributed by atoms with van der Waals surface area (Å²) in [4.78, 5) is 13.8. The van der Waals surface area contributed by atoms with E-state index in [-0.39, 0.29) is 30.5 Å². The first kappa shape index (κ1) is 16.7. The van der Waals surface area contributed by atoms with Crippen molar-refractivity contribution in [3.05, 3.63) is 0 Å². The molecule has 0 saturated carbocycles. The zero-order valence-corrected chi connectivity index (χ0v) is 12.4. The van der Waals surface area contributed by atoms with Crippen molar-refractivity contribution in [3.63, 3.8) is 0 Å². The van der Waals surface area contributed by atoms with E-state index >= 15 is 0 Å². The third-order valence-electron chi connectivity index (χ3n) is 3.58. The number of amides is 1. The number of morpholine rings is 1. The lowest BCUT2D eigenvalue weighted by atomic mass is 10.1. The summed E-state index contributed by atoms with van der Waals surface area (Å²) in [6.45, 7) is 3.91. The lowest BCUT2D eigenvalue weighted by Crippen LogP contribution is -2.43. The van der Waals surface area contributed by atoms with Crippen molar-refractivity contribution in [2.45, 2.75) is 37.9 Å². The quantitative estimate of drug-likeness (QED) is 0.833. The van der Waals surface area contributed by atoms with E-state index in [0.29, 0.717) is 19.6 Å². The molecule has 2 atom stereocenters. The molecule has 0 aromatic rings. The van der Waals surface area contributed by atoms with E-state index in [4.69, 9.17) is 9.47 Å². The van der Waals surface area contributed by atoms with E-state index in [9.17, 15) is 4.79 Å². The van der Waals surface area contributed by atoms with Gasteiger partial charge in [0.25, 0.3) is 0 Å². The highest BCUT2D eigenvalue weighted by molar-refractivity contribution is 5.85. The second-order valence-electron chi connectivity index (χ2n) is 5.16. The van der Waals surface area contributed by atoms with E-state index in [0.717, 1.165) is 32.5 Å². The third kappa shape index (κ3) is 5.65. The van der Waals surface area contributed by atoms with E-state index in [1.54, 1.807) is 4.90 Å². The highest BCUT2D eigenvalue weighted by atomic mass is 35.5. The van der Waals surface area contributed by atoms with Crippen molar-refractivity contribution in [1.82, 2.24) is 10.2 Å². The van der Waals surface area contributed by atoms with Crippen molar-refractivity contribution >= 4 is 18.3 Å². The van der Waals surface area contributed by atoms with E-state index in [1.807, 2.05) is 7.05 Å². The highest BCUT2D eigenvalue weighted by Crippen LogP contribution is 2.14. The van der Waals surface area contributed by atoms with Gasteiger partial charge in [0.05, 0.1) is 25.2 Å². The minimum atomic E-state index is 0. The molecule has 112 valence electrons. The minimum absolute atomic E-state index is 0. The van der Waals surface area contributed by atoms with Crippen molar-refractivity contribution in [2.24, 2.45) is 0 Å². The summed E-state index contributed by atoms with van der Waals surface area (Å²) in [5.74, 6) is 0.151. The molecule has 0 aromatic heterocycles. The number of likely N-dealkylation sites (N-methyl/N-ethyl adjacent to an activating group) is 1. The lowest BCUT2D eigenvalue weighted by molar-refractivity contribution is -0.135. The first-order valence-corrected chi connectivity index (χ1v) is 6.93. The van der Waals surface area contributed by atoms with Gasteiger partial charge in [0, 0.05) is 33.3 Å². The molecule has 0 aliphatic carbocycles. The number of ether oxygens (including phenoxy) is 2. The molecule has 0 radical (unpaired) electrons. The van der Waals surface area contributed by atoms with Crippen LogP contribution in [0, 0.1) is 0 Å². The Hall–Kier alpha value is -0.360. The molecule has 1 N–H and O–H groups in total. The normalized spacial score (nSPS) is 27.4. The van der Waals surface area contributed by atoms with Crippen molar-refractivity contribution < 1.29 is 14.3 Å². The van der Waals surface area contributed by atoms with Crippen molar-refractivity contribution in [1.29, 1.82) is 0 Å². The molecule has 2 heterocycles. The largest absolute Gasteiger partial charge is 0.376 e. The fourth-order valence-electron chi connectivity index (χ4n) is 2.46. The van der Waals surface area contributed by atoms with Crippen LogP contribution < -0.4 is 5.32 Å². The number of rotatable bonds is 4. The van der Waals surface area contributed by atoms with Crippen LogP contribution in [-0.2, 0) is 14.3 Å². The predicted molar refractivity (Wildman–Crippen MR) is 75.7 cm³/mol. The second kappa shape index (κ2) is 8.74. The summed E-state index contributed by atoms with van der Waals surface area (Å²) < 4.78 is 11.2. The highest BCUT2D eigenvalue weighted by Gasteiger charge is 2.22. The van der Waals surface area contributed by atoms with Gasteiger partial charge >= 0.3 is 0 Å². The third-order valence-corrected chi connectivity index (χ3v) is 3.58. The number of carbonyl (C=O) groups excluding carboxylic acids is 1. The van der Waals surface area contributed by atoms with Crippen LogP contribution in [0.1, 0.15) is 25.7 Å². The van der Waals surface area contributed by atoms with Crippen LogP contribution >= 0.6 is 12.4 Å². The number of halogens is 1.